The second-order valence-electron chi connectivity index (χ2n) is 28.9. The Hall–Kier alpha value is -1.94. The first-order valence-electron chi connectivity index (χ1n) is 41.1. The molecule has 5 atom stereocenters. The fourth-order valence-electron chi connectivity index (χ4n) is 12.2. The fourth-order valence-corrected chi connectivity index (χ4v) is 13.8. The SMILES string of the molecule is CCCCCCCCCCCCCCCCCCCCCC(=O)O[C@H](COC(=O)CCCCCCCCCCCCCCCCCC)COP(=O)(O)OC[C@@H](O)COP(=O)(O)OC[C@@H](COC(=O)CCCCCCCCCCCCC)OC(=O)CCCCCCCCCCCC(C)C. The highest BCUT2D eigenvalue weighted by Gasteiger charge is 2.30. The molecule has 0 rings (SSSR count). The topological polar surface area (TPSA) is 237 Å². The van der Waals surface area contributed by atoms with Crippen molar-refractivity contribution in [2.75, 3.05) is 39.6 Å². The van der Waals surface area contributed by atoms with Gasteiger partial charge in [-0.15, -0.1) is 0 Å². The number of carbonyl (C=O) groups is 4. The molecule has 582 valence electrons. The van der Waals surface area contributed by atoms with Crippen molar-refractivity contribution in [2.24, 2.45) is 5.92 Å². The number of hydrogen-bond donors (Lipinski definition) is 3. The maximum atomic E-state index is 13.1. The molecule has 0 aliphatic carbocycles. The van der Waals surface area contributed by atoms with Crippen molar-refractivity contribution in [3.8, 4) is 0 Å². The zero-order valence-electron chi connectivity index (χ0n) is 63.9. The standard InChI is InChI=1S/C79H154O17P2/c1-6-9-12-15-18-21-24-26-28-30-31-32-34-36-39-44-49-54-59-64-78(83)95-74(68-90-77(82)63-58-53-48-43-38-35-33-29-27-25-22-19-16-13-10-7-2)70-93-97(85,86)91-66-73(80)67-92-98(87,88)94-71-75(69-89-76(81)62-57-52-47-42-37-23-20-17-14-11-8-3)96-79(84)65-60-55-50-45-40-41-46-51-56-61-72(4)5/h72-75,80H,6-71H2,1-5H3,(H,85,86)(H,87,88)/t73-,74-,75-/m1/s1. The van der Waals surface area contributed by atoms with Gasteiger partial charge in [0.05, 0.1) is 26.4 Å². The first-order chi connectivity index (χ1) is 47.5. The van der Waals surface area contributed by atoms with E-state index in [9.17, 15) is 43.2 Å². The third-order valence-corrected chi connectivity index (χ3v) is 20.4. The van der Waals surface area contributed by atoms with Gasteiger partial charge in [-0.25, -0.2) is 9.13 Å². The second kappa shape index (κ2) is 72.0. The highest BCUT2D eigenvalue weighted by atomic mass is 31.2. The Morgan fingerprint density at radius 1 is 0.276 bits per heavy atom. The number of aliphatic hydroxyl groups excluding tert-OH is 1. The quantitative estimate of drug-likeness (QED) is 0.0222. The summed E-state index contributed by atoms with van der Waals surface area (Å²) in [5.74, 6) is -1.37. The third-order valence-electron chi connectivity index (χ3n) is 18.5. The summed E-state index contributed by atoms with van der Waals surface area (Å²) in [7, 11) is -9.91. The number of phosphoric ester groups is 2. The van der Waals surface area contributed by atoms with Gasteiger partial charge in [0.25, 0.3) is 0 Å². The first kappa shape index (κ1) is 96.1. The van der Waals surface area contributed by atoms with Gasteiger partial charge in [-0.2, -0.15) is 0 Å². The lowest BCUT2D eigenvalue weighted by Crippen LogP contribution is -2.30. The Bertz CT molecular complexity index is 1870. The maximum Gasteiger partial charge on any atom is 0.472 e. The van der Waals surface area contributed by atoms with Gasteiger partial charge in [0.15, 0.2) is 12.2 Å². The number of aliphatic hydroxyl groups is 1. The lowest BCUT2D eigenvalue weighted by molar-refractivity contribution is -0.161. The van der Waals surface area contributed by atoms with Gasteiger partial charge in [0.1, 0.15) is 19.3 Å². The predicted molar refractivity (Wildman–Crippen MR) is 400 cm³/mol. The van der Waals surface area contributed by atoms with Crippen molar-refractivity contribution >= 4 is 39.5 Å². The lowest BCUT2D eigenvalue weighted by atomic mass is 10.0. The number of carbonyl (C=O) groups excluding carboxylic acids is 4. The number of ether oxygens (including phenoxy) is 4. The van der Waals surface area contributed by atoms with Crippen LogP contribution in [-0.4, -0.2) is 96.7 Å². The summed E-state index contributed by atoms with van der Waals surface area (Å²) in [5, 5.41) is 10.6. The van der Waals surface area contributed by atoms with Crippen molar-refractivity contribution in [3.63, 3.8) is 0 Å². The number of rotatable bonds is 79. The van der Waals surface area contributed by atoms with Crippen LogP contribution in [0.2, 0.25) is 0 Å². The molecule has 17 nitrogen and oxygen atoms in total. The highest BCUT2D eigenvalue weighted by molar-refractivity contribution is 7.47. The van der Waals surface area contributed by atoms with Crippen LogP contribution in [0.3, 0.4) is 0 Å². The Kier molecular flexibility index (Phi) is 70.6. The molecule has 2 unspecified atom stereocenters. The van der Waals surface area contributed by atoms with Crippen LogP contribution in [0.4, 0.5) is 0 Å². The van der Waals surface area contributed by atoms with Gasteiger partial charge < -0.3 is 33.8 Å². The molecular formula is C79H154O17P2. The summed E-state index contributed by atoms with van der Waals surface area (Å²) in [6.07, 6.45) is 62.4. The molecular weight excluding hydrogens is 1280 g/mol. The molecule has 0 spiro atoms. The normalized spacial score (nSPS) is 13.9. The van der Waals surface area contributed by atoms with E-state index in [1.54, 1.807) is 0 Å². The number of phosphoric acid groups is 2. The third kappa shape index (κ3) is 72.4. The van der Waals surface area contributed by atoms with Crippen LogP contribution in [0.15, 0.2) is 0 Å². The average molecular weight is 1440 g/mol. The first-order valence-corrected chi connectivity index (χ1v) is 44.1. The zero-order valence-corrected chi connectivity index (χ0v) is 65.7. The van der Waals surface area contributed by atoms with Crippen molar-refractivity contribution in [2.45, 2.75) is 438 Å². The van der Waals surface area contributed by atoms with E-state index >= 15 is 0 Å². The van der Waals surface area contributed by atoms with E-state index in [-0.39, 0.29) is 25.7 Å². The Labute approximate surface area is 600 Å². The smallest absolute Gasteiger partial charge is 0.462 e. The lowest BCUT2D eigenvalue weighted by Gasteiger charge is -2.21. The Morgan fingerprint density at radius 3 is 0.694 bits per heavy atom. The molecule has 0 fully saturated rings. The van der Waals surface area contributed by atoms with Gasteiger partial charge in [-0.1, -0.05) is 369 Å². The van der Waals surface area contributed by atoms with Crippen LogP contribution >= 0.6 is 15.6 Å². The van der Waals surface area contributed by atoms with Crippen molar-refractivity contribution in [3.05, 3.63) is 0 Å². The van der Waals surface area contributed by atoms with Crippen molar-refractivity contribution < 1.29 is 80.2 Å². The molecule has 0 aromatic carbocycles. The molecule has 0 radical (unpaired) electrons. The van der Waals surface area contributed by atoms with E-state index in [0.717, 1.165) is 95.8 Å². The largest absolute Gasteiger partial charge is 0.472 e. The van der Waals surface area contributed by atoms with E-state index in [0.29, 0.717) is 25.7 Å². The Morgan fingerprint density at radius 2 is 0.469 bits per heavy atom. The fraction of sp³-hybridized carbons (Fsp3) is 0.949. The van der Waals surface area contributed by atoms with Crippen LogP contribution in [0.5, 0.6) is 0 Å². The average Bonchev–Trinajstić information content (AvgIpc) is 1.37. The monoisotopic (exact) mass is 1440 g/mol. The molecule has 0 aliphatic heterocycles. The van der Waals surface area contributed by atoms with Gasteiger partial charge in [0.2, 0.25) is 0 Å². The van der Waals surface area contributed by atoms with Crippen molar-refractivity contribution in [1.29, 1.82) is 0 Å². The van der Waals surface area contributed by atoms with Crippen LogP contribution < -0.4 is 0 Å². The molecule has 0 amide bonds. The van der Waals surface area contributed by atoms with Gasteiger partial charge in [-0.3, -0.25) is 37.3 Å². The molecule has 0 bridgehead atoms. The molecule has 0 aromatic rings. The molecule has 3 N–H and O–H groups in total. The molecule has 0 aliphatic rings. The van der Waals surface area contributed by atoms with Crippen LogP contribution in [0.25, 0.3) is 0 Å². The second-order valence-corrected chi connectivity index (χ2v) is 31.8. The minimum Gasteiger partial charge on any atom is -0.462 e. The number of esters is 4. The van der Waals surface area contributed by atoms with E-state index in [1.807, 2.05) is 0 Å². The summed E-state index contributed by atoms with van der Waals surface area (Å²) in [6.45, 7) is 7.29. The summed E-state index contributed by atoms with van der Waals surface area (Å²) >= 11 is 0. The van der Waals surface area contributed by atoms with Crippen molar-refractivity contribution in [1.82, 2.24) is 0 Å². The van der Waals surface area contributed by atoms with Gasteiger partial charge in [0, 0.05) is 25.7 Å². The number of unbranched alkanes of at least 4 members (excludes halogenated alkanes) is 51. The molecule has 0 heterocycles. The van der Waals surface area contributed by atoms with E-state index in [2.05, 4.69) is 34.6 Å². The van der Waals surface area contributed by atoms with Crippen LogP contribution in [0, 0.1) is 5.92 Å². The zero-order chi connectivity index (χ0) is 71.9. The van der Waals surface area contributed by atoms with Gasteiger partial charge >= 0.3 is 39.5 Å². The molecule has 0 aromatic heterocycles. The molecule has 19 heteroatoms. The molecule has 98 heavy (non-hydrogen) atoms. The van der Waals surface area contributed by atoms with E-state index in [4.69, 9.17) is 37.0 Å². The predicted octanol–water partition coefficient (Wildman–Crippen LogP) is 23.6. The number of hydrogen-bond acceptors (Lipinski definition) is 15. The molecule has 0 saturated heterocycles. The summed E-state index contributed by atoms with van der Waals surface area (Å²) in [6, 6.07) is 0. The van der Waals surface area contributed by atoms with Crippen LogP contribution in [-0.2, 0) is 65.4 Å². The summed E-state index contributed by atoms with van der Waals surface area (Å²) in [5.41, 5.74) is 0. The minimum absolute atomic E-state index is 0.106. The highest BCUT2D eigenvalue weighted by Crippen LogP contribution is 2.45. The van der Waals surface area contributed by atoms with E-state index in [1.165, 1.54) is 244 Å². The Balaban J connectivity index is 5.23. The molecule has 0 saturated carbocycles. The maximum absolute atomic E-state index is 13.1. The van der Waals surface area contributed by atoms with E-state index < -0.39 is 97.5 Å². The van der Waals surface area contributed by atoms with Crippen LogP contribution in [0.1, 0.15) is 420 Å². The summed E-state index contributed by atoms with van der Waals surface area (Å²) in [4.78, 5) is 72.9. The minimum atomic E-state index is -4.96. The van der Waals surface area contributed by atoms with Gasteiger partial charge in [-0.05, 0) is 31.6 Å². The summed E-state index contributed by atoms with van der Waals surface area (Å²) < 4.78 is 68.6.